The van der Waals surface area contributed by atoms with Gasteiger partial charge in [0.2, 0.25) is 0 Å². The molecule has 0 bridgehead atoms. The molecular formula is C12H24N2O. The molecule has 0 aromatic carbocycles. The largest absolute Gasteiger partial charge is 0.379 e. The number of rotatable bonds is 5. The van der Waals surface area contributed by atoms with Gasteiger partial charge < -0.3 is 10.1 Å². The second-order valence-electron chi connectivity index (χ2n) is 5.30. The van der Waals surface area contributed by atoms with Crippen LogP contribution in [0.1, 0.15) is 26.2 Å². The number of hydrogen-bond acceptors (Lipinski definition) is 3. The average molecular weight is 212 g/mol. The van der Waals surface area contributed by atoms with Gasteiger partial charge in [-0.3, -0.25) is 4.90 Å². The van der Waals surface area contributed by atoms with E-state index in [1.54, 1.807) is 0 Å². The van der Waals surface area contributed by atoms with Crippen LogP contribution in [0.5, 0.6) is 0 Å². The monoisotopic (exact) mass is 212 g/mol. The molecule has 1 saturated carbocycles. The van der Waals surface area contributed by atoms with Gasteiger partial charge in [-0.1, -0.05) is 13.3 Å². The van der Waals surface area contributed by atoms with Crippen molar-refractivity contribution in [1.29, 1.82) is 0 Å². The Morgan fingerprint density at radius 3 is 2.60 bits per heavy atom. The summed E-state index contributed by atoms with van der Waals surface area (Å²) in [5.74, 6) is 0. The molecule has 1 aliphatic carbocycles. The van der Waals surface area contributed by atoms with E-state index in [-0.39, 0.29) is 0 Å². The highest BCUT2D eigenvalue weighted by atomic mass is 16.5. The van der Waals surface area contributed by atoms with Crippen LogP contribution in [0.3, 0.4) is 0 Å². The molecule has 0 radical (unpaired) electrons. The van der Waals surface area contributed by atoms with Crippen molar-refractivity contribution in [3.05, 3.63) is 0 Å². The highest BCUT2D eigenvalue weighted by molar-refractivity contribution is 4.85. The third kappa shape index (κ3) is 3.44. The Hall–Kier alpha value is -0.120. The standard InChI is InChI=1S/C12H24N2O/c1-12(3-2-4-12)11-13-5-6-14-7-9-15-10-8-14/h13H,2-11H2,1H3. The summed E-state index contributed by atoms with van der Waals surface area (Å²) in [5.41, 5.74) is 0.616. The molecule has 0 aromatic heterocycles. The molecule has 0 unspecified atom stereocenters. The topological polar surface area (TPSA) is 24.5 Å². The predicted octanol–water partition coefficient (Wildman–Crippen LogP) is 1.10. The van der Waals surface area contributed by atoms with E-state index in [4.69, 9.17) is 4.74 Å². The van der Waals surface area contributed by atoms with Crippen molar-refractivity contribution in [3.63, 3.8) is 0 Å². The summed E-state index contributed by atoms with van der Waals surface area (Å²) in [6, 6.07) is 0. The molecule has 2 rings (SSSR count). The van der Waals surface area contributed by atoms with Crippen molar-refractivity contribution in [2.75, 3.05) is 45.9 Å². The SMILES string of the molecule is CC1(CNCCN2CCOCC2)CCC1. The molecule has 2 fully saturated rings. The summed E-state index contributed by atoms with van der Waals surface area (Å²) in [6.45, 7) is 9.97. The van der Waals surface area contributed by atoms with Crippen LogP contribution < -0.4 is 5.32 Å². The average Bonchev–Trinajstić information content (AvgIpc) is 2.23. The van der Waals surface area contributed by atoms with Crippen LogP contribution in [0, 0.1) is 5.41 Å². The third-order valence-electron chi connectivity index (χ3n) is 3.82. The summed E-state index contributed by atoms with van der Waals surface area (Å²) >= 11 is 0. The Kier molecular flexibility index (Phi) is 4.00. The van der Waals surface area contributed by atoms with E-state index in [0.717, 1.165) is 32.8 Å². The maximum atomic E-state index is 5.32. The van der Waals surface area contributed by atoms with Gasteiger partial charge >= 0.3 is 0 Å². The molecule has 1 N–H and O–H groups in total. The van der Waals surface area contributed by atoms with E-state index in [0.29, 0.717) is 5.41 Å². The Morgan fingerprint density at radius 2 is 2.00 bits per heavy atom. The van der Waals surface area contributed by atoms with Crippen molar-refractivity contribution in [1.82, 2.24) is 10.2 Å². The zero-order chi connectivity index (χ0) is 10.6. The summed E-state index contributed by atoms with van der Waals surface area (Å²) in [5, 5.41) is 3.59. The van der Waals surface area contributed by atoms with Crippen LogP contribution in [-0.2, 0) is 4.74 Å². The lowest BCUT2D eigenvalue weighted by Gasteiger charge is -2.38. The van der Waals surface area contributed by atoms with E-state index in [1.165, 1.54) is 32.4 Å². The maximum Gasteiger partial charge on any atom is 0.0594 e. The van der Waals surface area contributed by atoms with Crippen LogP contribution in [0.25, 0.3) is 0 Å². The second-order valence-corrected chi connectivity index (χ2v) is 5.30. The second kappa shape index (κ2) is 5.28. The minimum absolute atomic E-state index is 0.616. The van der Waals surface area contributed by atoms with Gasteiger partial charge in [0.1, 0.15) is 0 Å². The van der Waals surface area contributed by atoms with E-state index in [9.17, 15) is 0 Å². The fourth-order valence-electron chi connectivity index (χ4n) is 2.41. The summed E-state index contributed by atoms with van der Waals surface area (Å²) in [4.78, 5) is 2.49. The van der Waals surface area contributed by atoms with E-state index in [2.05, 4.69) is 17.1 Å². The van der Waals surface area contributed by atoms with Crippen LogP contribution in [-0.4, -0.2) is 50.8 Å². The van der Waals surface area contributed by atoms with Gasteiger partial charge in [-0.2, -0.15) is 0 Å². The van der Waals surface area contributed by atoms with E-state index in [1.807, 2.05) is 0 Å². The molecule has 0 atom stereocenters. The van der Waals surface area contributed by atoms with Gasteiger partial charge in [-0.15, -0.1) is 0 Å². The first-order chi connectivity index (χ1) is 7.29. The van der Waals surface area contributed by atoms with Crippen molar-refractivity contribution in [2.24, 2.45) is 5.41 Å². The Bertz CT molecular complexity index is 186. The first-order valence-electron chi connectivity index (χ1n) is 6.29. The predicted molar refractivity (Wildman–Crippen MR) is 62.1 cm³/mol. The molecule has 15 heavy (non-hydrogen) atoms. The summed E-state index contributed by atoms with van der Waals surface area (Å²) in [7, 11) is 0. The molecular weight excluding hydrogens is 188 g/mol. The van der Waals surface area contributed by atoms with Crippen LogP contribution in [0.4, 0.5) is 0 Å². The van der Waals surface area contributed by atoms with Crippen LogP contribution >= 0.6 is 0 Å². The lowest BCUT2D eigenvalue weighted by Crippen LogP contribution is -2.43. The quantitative estimate of drug-likeness (QED) is 0.691. The van der Waals surface area contributed by atoms with Gasteiger partial charge in [-0.05, 0) is 18.3 Å². The molecule has 0 amide bonds. The fraction of sp³-hybridized carbons (Fsp3) is 1.00. The first kappa shape index (κ1) is 11.4. The van der Waals surface area contributed by atoms with Gasteiger partial charge in [0.15, 0.2) is 0 Å². The minimum Gasteiger partial charge on any atom is -0.379 e. The van der Waals surface area contributed by atoms with E-state index >= 15 is 0 Å². The molecule has 1 heterocycles. The van der Waals surface area contributed by atoms with Crippen LogP contribution in [0.15, 0.2) is 0 Å². The van der Waals surface area contributed by atoms with Gasteiger partial charge in [0, 0.05) is 32.7 Å². The van der Waals surface area contributed by atoms with Gasteiger partial charge in [-0.25, -0.2) is 0 Å². The van der Waals surface area contributed by atoms with Crippen LogP contribution in [0.2, 0.25) is 0 Å². The molecule has 88 valence electrons. The van der Waals surface area contributed by atoms with E-state index < -0.39 is 0 Å². The maximum absolute atomic E-state index is 5.32. The smallest absolute Gasteiger partial charge is 0.0594 e. The normalized spacial score (nSPS) is 26.2. The van der Waals surface area contributed by atoms with Gasteiger partial charge in [0.25, 0.3) is 0 Å². The number of hydrogen-bond donors (Lipinski definition) is 1. The lowest BCUT2D eigenvalue weighted by atomic mass is 9.70. The van der Waals surface area contributed by atoms with Crippen molar-refractivity contribution in [2.45, 2.75) is 26.2 Å². The Morgan fingerprint density at radius 1 is 1.27 bits per heavy atom. The molecule has 0 spiro atoms. The molecule has 1 aliphatic heterocycles. The highest BCUT2D eigenvalue weighted by Crippen LogP contribution is 2.39. The van der Waals surface area contributed by atoms with Gasteiger partial charge in [0.05, 0.1) is 13.2 Å². The number of nitrogens with one attached hydrogen (secondary N) is 1. The third-order valence-corrected chi connectivity index (χ3v) is 3.82. The van der Waals surface area contributed by atoms with Crippen molar-refractivity contribution < 1.29 is 4.74 Å². The number of nitrogens with zero attached hydrogens (tertiary/aromatic N) is 1. The zero-order valence-corrected chi connectivity index (χ0v) is 9.93. The first-order valence-corrected chi connectivity index (χ1v) is 6.29. The lowest BCUT2D eigenvalue weighted by molar-refractivity contribution is 0.0377. The molecule has 3 heteroatoms. The minimum atomic E-state index is 0.616. The molecule has 1 saturated heterocycles. The van der Waals surface area contributed by atoms with Crippen molar-refractivity contribution in [3.8, 4) is 0 Å². The number of morpholine rings is 1. The van der Waals surface area contributed by atoms with Crippen molar-refractivity contribution >= 4 is 0 Å². The Labute approximate surface area is 93.2 Å². The molecule has 2 aliphatic rings. The zero-order valence-electron chi connectivity index (χ0n) is 9.93. The Balaban J connectivity index is 1.50. The highest BCUT2D eigenvalue weighted by Gasteiger charge is 2.30. The summed E-state index contributed by atoms with van der Waals surface area (Å²) < 4.78 is 5.32. The number of ether oxygens (including phenoxy) is 1. The molecule has 0 aromatic rings. The molecule has 3 nitrogen and oxygen atoms in total. The fourth-order valence-corrected chi connectivity index (χ4v) is 2.41. The summed E-state index contributed by atoms with van der Waals surface area (Å²) in [6.07, 6.45) is 4.26.